The Hall–Kier alpha value is -1.83. The van der Waals surface area contributed by atoms with Crippen LogP contribution in [0.2, 0.25) is 0 Å². The van der Waals surface area contributed by atoms with Gasteiger partial charge in [-0.1, -0.05) is 31.5 Å². The third-order valence-corrected chi connectivity index (χ3v) is 5.06. The molecular weight excluding hydrogens is 282 g/mol. The van der Waals surface area contributed by atoms with Gasteiger partial charge in [0, 0.05) is 23.4 Å². The number of aromatic nitrogens is 1. The first-order chi connectivity index (χ1) is 10.8. The van der Waals surface area contributed by atoms with Crippen LogP contribution in [0.15, 0.2) is 18.3 Å². The van der Waals surface area contributed by atoms with Crippen LogP contribution in [0.25, 0.3) is 5.69 Å². The first-order valence-electron chi connectivity index (χ1n) is 8.62. The lowest BCUT2D eigenvalue weighted by Gasteiger charge is -2.14. The smallest absolute Gasteiger partial charge is 0.167 e. The zero-order valence-corrected chi connectivity index (χ0v) is 15.6. The van der Waals surface area contributed by atoms with E-state index in [0.29, 0.717) is 0 Å². The highest BCUT2D eigenvalue weighted by molar-refractivity contribution is 5.99. The van der Waals surface area contributed by atoms with Crippen LogP contribution >= 0.6 is 0 Å². The Morgan fingerprint density at radius 2 is 1.52 bits per heavy atom. The quantitative estimate of drug-likeness (QED) is 0.655. The first kappa shape index (κ1) is 17.5. The molecule has 0 aliphatic carbocycles. The molecule has 2 heteroatoms. The third kappa shape index (κ3) is 3.12. The van der Waals surface area contributed by atoms with Gasteiger partial charge in [0.05, 0.1) is 5.69 Å². The molecule has 0 aliphatic rings. The number of aryl methyl sites for hydroxylation is 3. The summed E-state index contributed by atoms with van der Waals surface area (Å²) in [5, 5.41) is 0. The molecular formula is C21H29NO. The normalized spacial score (nSPS) is 11.3. The fourth-order valence-electron chi connectivity index (χ4n) is 3.61. The molecule has 0 aliphatic heterocycles. The van der Waals surface area contributed by atoms with Gasteiger partial charge >= 0.3 is 0 Å². The average molecular weight is 311 g/mol. The molecule has 2 rings (SSSR count). The van der Waals surface area contributed by atoms with Crippen LogP contribution in [0.3, 0.4) is 0 Å². The van der Waals surface area contributed by atoms with E-state index in [1.54, 1.807) is 0 Å². The van der Waals surface area contributed by atoms with Crippen LogP contribution in [0.1, 0.15) is 65.0 Å². The molecule has 0 fully saturated rings. The number of ketones is 1. The van der Waals surface area contributed by atoms with Gasteiger partial charge in [0.25, 0.3) is 0 Å². The number of hydrogen-bond acceptors (Lipinski definition) is 1. The molecule has 0 atom stereocenters. The van der Waals surface area contributed by atoms with E-state index in [1.807, 2.05) is 0 Å². The molecule has 0 saturated carbocycles. The molecule has 1 heterocycles. The Balaban J connectivity index is 2.60. The zero-order valence-electron chi connectivity index (χ0n) is 15.6. The number of nitrogens with zero attached hydrogens (tertiary/aromatic N) is 1. The van der Waals surface area contributed by atoms with Crippen molar-refractivity contribution in [3.05, 3.63) is 51.8 Å². The van der Waals surface area contributed by atoms with E-state index in [4.69, 9.17) is 0 Å². The van der Waals surface area contributed by atoms with Crippen LogP contribution in [-0.2, 0) is 0 Å². The molecule has 0 N–H and O–H groups in total. The topological polar surface area (TPSA) is 22.0 Å². The number of benzene rings is 1. The highest BCUT2D eigenvalue weighted by Gasteiger charge is 2.22. The van der Waals surface area contributed by atoms with Crippen molar-refractivity contribution < 1.29 is 4.79 Å². The Morgan fingerprint density at radius 3 is 2.00 bits per heavy atom. The summed E-state index contributed by atoms with van der Waals surface area (Å²) in [6.45, 7) is 14.8. The SMILES string of the molecule is CCC(CC)C(=O)c1cn(-c2c(C)cc(C)cc2C)c(C)c1C. The lowest BCUT2D eigenvalue weighted by atomic mass is 9.92. The molecule has 124 valence electrons. The molecule has 0 spiro atoms. The van der Waals surface area contributed by atoms with E-state index >= 15 is 0 Å². The van der Waals surface area contributed by atoms with Gasteiger partial charge in [0.2, 0.25) is 0 Å². The molecule has 23 heavy (non-hydrogen) atoms. The van der Waals surface area contributed by atoms with Crippen molar-refractivity contribution in [3.63, 3.8) is 0 Å². The molecule has 0 saturated heterocycles. The number of Topliss-reactive ketones (excluding diaryl/α,β-unsaturated/α-hetero) is 1. The number of carbonyl (C=O) groups is 1. The highest BCUT2D eigenvalue weighted by atomic mass is 16.1. The van der Waals surface area contributed by atoms with Crippen LogP contribution in [0, 0.1) is 40.5 Å². The van der Waals surface area contributed by atoms with Gasteiger partial charge < -0.3 is 4.57 Å². The van der Waals surface area contributed by atoms with Crippen molar-refractivity contribution in [2.75, 3.05) is 0 Å². The second kappa shape index (κ2) is 6.74. The molecule has 1 aromatic heterocycles. The van der Waals surface area contributed by atoms with Crippen molar-refractivity contribution in [1.29, 1.82) is 0 Å². The zero-order chi connectivity index (χ0) is 17.3. The predicted molar refractivity (Wildman–Crippen MR) is 97.9 cm³/mol. The maximum Gasteiger partial charge on any atom is 0.167 e. The van der Waals surface area contributed by atoms with Crippen molar-refractivity contribution in [1.82, 2.24) is 4.57 Å². The monoisotopic (exact) mass is 311 g/mol. The lowest BCUT2D eigenvalue weighted by molar-refractivity contribution is 0.0913. The van der Waals surface area contributed by atoms with E-state index in [9.17, 15) is 4.79 Å². The minimum Gasteiger partial charge on any atom is -0.320 e. The fraction of sp³-hybridized carbons (Fsp3) is 0.476. The maximum absolute atomic E-state index is 12.8. The maximum atomic E-state index is 12.8. The molecule has 0 amide bonds. The van der Waals surface area contributed by atoms with Gasteiger partial charge in [-0.05, 0) is 64.2 Å². The predicted octanol–water partition coefficient (Wildman–Crippen LogP) is 5.64. The van der Waals surface area contributed by atoms with Crippen LogP contribution in [0.4, 0.5) is 0 Å². The van der Waals surface area contributed by atoms with Gasteiger partial charge in [0.15, 0.2) is 5.78 Å². The summed E-state index contributed by atoms with van der Waals surface area (Å²) in [4.78, 5) is 12.8. The summed E-state index contributed by atoms with van der Waals surface area (Å²) in [6, 6.07) is 4.42. The Morgan fingerprint density at radius 1 is 1.00 bits per heavy atom. The number of hydrogen-bond donors (Lipinski definition) is 0. The third-order valence-electron chi connectivity index (χ3n) is 5.06. The molecule has 1 aromatic carbocycles. The van der Waals surface area contributed by atoms with Gasteiger partial charge in [-0.15, -0.1) is 0 Å². The summed E-state index contributed by atoms with van der Waals surface area (Å²) >= 11 is 0. The molecule has 0 bridgehead atoms. The Kier molecular flexibility index (Phi) is 5.13. The van der Waals surface area contributed by atoms with Gasteiger partial charge in [-0.2, -0.15) is 0 Å². The Labute approximate surface area is 140 Å². The Bertz CT molecular complexity index is 710. The summed E-state index contributed by atoms with van der Waals surface area (Å²) in [7, 11) is 0. The molecule has 2 nitrogen and oxygen atoms in total. The fourth-order valence-corrected chi connectivity index (χ4v) is 3.61. The summed E-state index contributed by atoms with van der Waals surface area (Å²) < 4.78 is 2.20. The van der Waals surface area contributed by atoms with Crippen molar-refractivity contribution in [2.24, 2.45) is 5.92 Å². The lowest BCUT2D eigenvalue weighted by Crippen LogP contribution is -2.13. The minimum atomic E-state index is 0.129. The van der Waals surface area contributed by atoms with Crippen LogP contribution in [0.5, 0.6) is 0 Å². The van der Waals surface area contributed by atoms with Gasteiger partial charge in [0.1, 0.15) is 0 Å². The number of carbonyl (C=O) groups excluding carboxylic acids is 1. The van der Waals surface area contributed by atoms with E-state index in [1.165, 1.54) is 22.4 Å². The highest BCUT2D eigenvalue weighted by Crippen LogP contribution is 2.28. The minimum absolute atomic E-state index is 0.129. The molecule has 2 aromatic rings. The van der Waals surface area contributed by atoms with Gasteiger partial charge in [-0.25, -0.2) is 0 Å². The number of rotatable bonds is 5. The molecule has 0 unspecified atom stereocenters. The first-order valence-corrected chi connectivity index (χ1v) is 8.62. The van der Waals surface area contributed by atoms with Crippen molar-refractivity contribution in [2.45, 2.75) is 61.3 Å². The van der Waals surface area contributed by atoms with E-state index in [0.717, 1.165) is 29.7 Å². The summed E-state index contributed by atoms with van der Waals surface area (Å²) in [6.07, 6.45) is 3.86. The van der Waals surface area contributed by atoms with Crippen molar-refractivity contribution in [3.8, 4) is 5.69 Å². The van der Waals surface area contributed by atoms with Gasteiger partial charge in [-0.3, -0.25) is 4.79 Å². The van der Waals surface area contributed by atoms with E-state index in [2.05, 4.69) is 71.4 Å². The summed E-state index contributed by atoms with van der Waals surface area (Å²) in [5.41, 5.74) is 8.15. The van der Waals surface area contributed by atoms with Crippen LogP contribution in [-0.4, -0.2) is 10.4 Å². The van der Waals surface area contributed by atoms with Crippen LogP contribution < -0.4 is 0 Å². The van der Waals surface area contributed by atoms with E-state index < -0.39 is 0 Å². The summed E-state index contributed by atoms with van der Waals surface area (Å²) in [5.74, 6) is 0.418. The van der Waals surface area contributed by atoms with E-state index in [-0.39, 0.29) is 11.7 Å². The van der Waals surface area contributed by atoms with Crippen molar-refractivity contribution >= 4 is 5.78 Å². The standard InChI is InChI=1S/C21H29NO/c1-8-18(9-2)21(23)19-12-22(17(7)16(19)6)20-14(4)10-13(3)11-15(20)5/h10-12,18H,8-9H2,1-7H3. The molecule has 0 radical (unpaired) electrons. The largest absolute Gasteiger partial charge is 0.320 e. The average Bonchev–Trinajstić information content (AvgIpc) is 2.76. The second-order valence-corrected chi connectivity index (χ2v) is 6.75. The second-order valence-electron chi connectivity index (χ2n) is 6.75.